The molecule has 0 saturated heterocycles. The lowest BCUT2D eigenvalue weighted by Crippen LogP contribution is -2.36. The summed E-state index contributed by atoms with van der Waals surface area (Å²) in [6, 6.07) is 4.09. The van der Waals surface area contributed by atoms with Gasteiger partial charge in [0.15, 0.2) is 18.2 Å². The fourth-order valence-electron chi connectivity index (χ4n) is 1.60. The van der Waals surface area contributed by atoms with Gasteiger partial charge >= 0.3 is 0 Å². The number of carbonyl (C=O) groups excluding carboxylic acids is 1. The average Bonchev–Trinajstić information content (AvgIpc) is 2.47. The van der Waals surface area contributed by atoms with Crippen LogP contribution >= 0.6 is 0 Å². The Morgan fingerprint density at radius 1 is 1.50 bits per heavy atom. The summed E-state index contributed by atoms with van der Waals surface area (Å²) in [6.07, 6.45) is 5.95. The van der Waals surface area contributed by atoms with Gasteiger partial charge in [-0.3, -0.25) is 4.79 Å². The molecule has 14 heavy (non-hydrogen) atoms. The number of carbonyl (C=O) groups is 1. The highest BCUT2D eigenvalue weighted by atomic mass is 16.1. The summed E-state index contributed by atoms with van der Waals surface area (Å²) in [5, 5.41) is 1.20. The molecule has 0 aliphatic carbocycles. The molecule has 2 aromatic rings. The fraction of sp³-hybridized carbons (Fsp3) is 0.273. The molecule has 0 atom stereocenters. The molecule has 0 saturated carbocycles. The van der Waals surface area contributed by atoms with Crippen molar-refractivity contribution in [1.82, 2.24) is 4.57 Å². The number of ketones is 1. The Morgan fingerprint density at radius 3 is 3.00 bits per heavy atom. The Bertz CT molecular complexity index is 485. The van der Waals surface area contributed by atoms with E-state index in [1.54, 1.807) is 6.92 Å². The first kappa shape index (κ1) is 8.94. The summed E-state index contributed by atoms with van der Waals surface area (Å²) < 4.78 is 3.95. The molecule has 0 bridgehead atoms. The van der Waals surface area contributed by atoms with Gasteiger partial charge in [0.1, 0.15) is 5.52 Å². The molecule has 2 rings (SSSR count). The maximum atomic E-state index is 10.9. The summed E-state index contributed by atoms with van der Waals surface area (Å²) in [7, 11) is 2.00. The lowest BCUT2D eigenvalue weighted by molar-refractivity contribution is -0.682. The van der Waals surface area contributed by atoms with Crippen LogP contribution in [-0.4, -0.2) is 10.4 Å². The lowest BCUT2D eigenvalue weighted by atomic mass is 10.3. The van der Waals surface area contributed by atoms with Crippen molar-refractivity contribution in [2.24, 2.45) is 7.05 Å². The van der Waals surface area contributed by atoms with E-state index in [0.717, 1.165) is 5.52 Å². The predicted molar refractivity (Wildman–Crippen MR) is 53.8 cm³/mol. The minimum atomic E-state index is 0.170. The van der Waals surface area contributed by atoms with Crippen LogP contribution in [0.1, 0.15) is 6.92 Å². The topological polar surface area (TPSA) is 25.9 Å². The van der Waals surface area contributed by atoms with Gasteiger partial charge in [-0.2, -0.15) is 4.57 Å². The van der Waals surface area contributed by atoms with Gasteiger partial charge in [0.05, 0.1) is 0 Å². The molecule has 0 radical (unpaired) electrons. The smallest absolute Gasteiger partial charge is 0.206 e. The molecule has 3 heteroatoms. The van der Waals surface area contributed by atoms with Crippen LogP contribution in [0.15, 0.2) is 30.7 Å². The molecule has 2 heterocycles. The van der Waals surface area contributed by atoms with Crippen molar-refractivity contribution in [3.8, 4) is 0 Å². The van der Waals surface area contributed by atoms with Crippen molar-refractivity contribution in [1.29, 1.82) is 0 Å². The number of pyridine rings is 1. The third-order valence-electron chi connectivity index (χ3n) is 2.29. The second kappa shape index (κ2) is 3.25. The number of aromatic nitrogens is 2. The van der Waals surface area contributed by atoms with Crippen LogP contribution < -0.4 is 4.57 Å². The summed E-state index contributed by atoms with van der Waals surface area (Å²) in [4.78, 5) is 10.9. The van der Waals surface area contributed by atoms with Gasteiger partial charge in [-0.15, -0.1) is 0 Å². The third kappa shape index (κ3) is 1.53. The molecule has 0 unspecified atom stereocenters. The number of Topliss-reactive ketones (excluding diaryl/α,β-unsaturated/α-hetero) is 1. The van der Waals surface area contributed by atoms with Crippen LogP contribution in [0, 0.1) is 0 Å². The first-order valence-electron chi connectivity index (χ1n) is 4.60. The zero-order valence-corrected chi connectivity index (χ0v) is 8.40. The molecule has 0 aliphatic heterocycles. The van der Waals surface area contributed by atoms with Gasteiger partial charge < -0.3 is 4.57 Å². The van der Waals surface area contributed by atoms with Gasteiger partial charge in [0.25, 0.3) is 0 Å². The van der Waals surface area contributed by atoms with Crippen molar-refractivity contribution >= 4 is 16.7 Å². The molecule has 72 valence electrons. The number of aryl methyl sites for hydroxylation is 1. The van der Waals surface area contributed by atoms with E-state index in [1.807, 2.05) is 40.8 Å². The molecule has 0 aromatic carbocycles. The molecule has 0 fully saturated rings. The highest BCUT2D eigenvalue weighted by molar-refractivity contribution is 5.78. The highest BCUT2D eigenvalue weighted by Gasteiger charge is 2.07. The number of nitrogens with zero attached hydrogens (tertiary/aromatic N) is 2. The molecule has 3 nitrogen and oxygen atoms in total. The predicted octanol–water partition coefficient (Wildman–Crippen LogP) is 1.05. The molecule has 0 N–H and O–H groups in total. The summed E-state index contributed by atoms with van der Waals surface area (Å²) in [5.74, 6) is 0.170. The standard InChI is InChI=1S/C11H13N2O/c1-9(14)7-13-6-4-10-3-5-12(2)11(10)8-13/h3-6,8H,7H2,1-2H3/q+1. The van der Waals surface area contributed by atoms with Crippen LogP contribution in [0.5, 0.6) is 0 Å². The first-order valence-corrected chi connectivity index (χ1v) is 4.60. The van der Waals surface area contributed by atoms with E-state index in [4.69, 9.17) is 0 Å². The second-order valence-corrected chi connectivity index (χ2v) is 3.59. The Labute approximate surface area is 82.6 Å². The lowest BCUT2D eigenvalue weighted by Gasteiger charge is -1.95. The number of hydrogen-bond acceptors (Lipinski definition) is 1. The summed E-state index contributed by atoms with van der Waals surface area (Å²) in [6.45, 7) is 2.04. The average molecular weight is 189 g/mol. The molecule has 0 aliphatic rings. The van der Waals surface area contributed by atoms with Gasteiger partial charge in [0.2, 0.25) is 6.54 Å². The first-order chi connectivity index (χ1) is 6.66. The Balaban J connectivity index is 2.49. The third-order valence-corrected chi connectivity index (χ3v) is 2.29. The summed E-state index contributed by atoms with van der Waals surface area (Å²) in [5.41, 5.74) is 1.15. The quantitative estimate of drug-likeness (QED) is 0.648. The van der Waals surface area contributed by atoms with E-state index in [-0.39, 0.29) is 5.78 Å². The van der Waals surface area contributed by atoms with E-state index in [2.05, 4.69) is 6.07 Å². The Hall–Kier alpha value is -1.64. The van der Waals surface area contributed by atoms with Crippen LogP contribution in [0.3, 0.4) is 0 Å². The van der Waals surface area contributed by atoms with Crippen molar-refractivity contribution in [3.05, 3.63) is 30.7 Å². The Morgan fingerprint density at radius 2 is 2.29 bits per heavy atom. The van der Waals surface area contributed by atoms with E-state index in [9.17, 15) is 4.79 Å². The van der Waals surface area contributed by atoms with E-state index >= 15 is 0 Å². The van der Waals surface area contributed by atoms with Gasteiger partial charge in [0, 0.05) is 31.6 Å². The highest BCUT2D eigenvalue weighted by Crippen LogP contribution is 2.10. The van der Waals surface area contributed by atoms with E-state index < -0.39 is 0 Å². The SMILES string of the molecule is CC(=O)C[n+]1ccc2ccn(C)c2c1. The monoisotopic (exact) mass is 189 g/mol. The van der Waals surface area contributed by atoms with Crippen molar-refractivity contribution < 1.29 is 9.36 Å². The van der Waals surface area contributed by atoms with Gasteiger partial charge in [-0.1, -0.05) is 0 Å². The summed E-state index contributed by atoms with van der Waals surface area (Å²) >= 11 is 0. The van der Waals surface area contributed by atoms with Crippen LogP contribution in [0.4, 0.5) is 0 Å². The van der Waals surface area contributed by atoms with E-state index in [1.165, 1.54) is 5.39 Å². The number of hydrogen-bond donors (Lipinski definition) is 0. The van der Waals surface area contributed by atoms with Gasteiger partial charge in [-0.05, 0) is 6.07 Å². The van der Waals surface area contributed by atoms with Crippen LogP contribution in [-0.2, 0) is 18.4 Å². The zero-order chi connectivity index (χ0) is 10.1. The fourth-order valence-corrected chi connectivity index (χ4v) is 1.60. The maximum absolute atomic E-state index is 10.9. The number of fused-ring (bicyclic) bond motifs is 1. The van der Waals surface area contributed by atoms with Crippen LogP contribution in [0.25, 0.3) is 10.9 Å². The van der Waals surface area contributed by atoms with Crippen LogP contribution in [0.2, 0.25) is 0 Å². The maximum Gasteiger partial charge on any atom is 0.206 e. The molecule has 0 spiro atoms. The molecule has 2 aromatic heterocycles. The minimum Gasteiger partial charge on any atom is -0.346 e. The Kier molecular flexibility index (Phi) is 2.08. The number of rotatable bonds is 2. The van der Waals surface area contributed by atoms with Crippen molar-refractivity contribution in [2.75, 3.05) is 0 Å². The second-order valence-electron chi connectivity index (χ2n) is 3.59. The van der Waals surface area contributed by atoms with Crippen molar-refractivity contribution in [2.45, 2.75) is 13.5 Å². The van der Waals surface area contributed by atoms with Crippen molar-refractivity contribution in [3.63, 3.8) is 0 Å². The largest absolute Gasteiger partial charge is 0.346 e. The minimum absolute atomic E-state index is 0.170. The normalized spacial score (nSPS) is 10.7. The molecular formula is C11H13N2O+. The van der Waals surface area contributed by atoms with Gasteiger partial charge in [-0.25, -0.2) is 0 Å². The zero-order valence-electron chi connectivity index (χ0n) is 8.40. The molecule has 0 amide bonds. The molecular weight excluding hydrogens is 176 g/mol. The van der Waals surface area contributed by atoms with E-state index in [0.29, 0.717) is 6.54 Å².